The second-order valence-electron chi connectivity index (χ2n) is 5.61. The summed E-state index contributed by atoms with van der Waals surface area (Å²) in [6.45, 7) is 0.764. The maximum atomic E-state index is 12.2. The number of benzene rings is 1. The summed E-state index contributed by atoms with van der Waals surface area (Å²) in [5.41, 5.74) is 0.263. The minimum Gasteiger partial charge on any atom is -0.494 e. The number of thioether (sulfide) groups is 1. The van der Waals surface area contributed by atoms with Crippen molar-refractivity contribution < 1.29 is 14.5 Å². The van der Waals surface area contributed by atoms with Crippen molar-refractivity contribution in [2.75, 3.05) is 30.0 Å². The monoisotopic (exact) mass is 451 g/mol. The van der Waals surface area contributed by atoms with E-state index in [1.54, 1.807) is 11.3 Å². The van der Waals surface area contributed by atoms with Crippen LogP contribution < -0.4 is 15.4 Å². The average molecular weight is 452 g/mol. The number of nitro groups is 1. The number of carbonyl (C=O) groups is 1. The summed E-state index contributed by atoms with van der Waals surface area (Å²) in [4.78, 5) is 23.8. The number of ether oxygens (including phenoxy) is 1. The molecule has 2 aromatic heterocycles. The van der Waals surface area contributed by atoms with Crippen molar-refractivity contribution >= 4 is 56.8 Å². The van der Waals surface area contributed by atoms with Crippen molar-refractivity contribution in [3.8, 4) is 5.75 Å². The molecule has 0 fully saturated rings. The second-order valence-corrected chi connectivity index (χ2v) is 8.84. The Morgan fingerprint density at radius 3 is 2.93 bits per heavy atom. The molecule has 0 aliphatic carbocycles. The van der Waals surface area contributed by atoms with Crippen molar-refractivity contribution in [2.24, 2.45) is 0 Å². The molecule has 0 saturated heterocycles. The smallest absolute Gasteiger partial charge is 0.273 e. The van der Waals surface area contributed by atoms with Crippen LogP contribution in [0.5, 0.6) is 5.75 Å². The van der Waals surface area contributed by atoms with Crippen LogP contribution in [0.4, 0.5) is 16.5 Å². The van der Waals surface area contributed by atoms with E-state index in [0.717, 1.165) is 13.0 Å². The zero-order valence-corrected chi connectivity index (χ0v) is 17.7. The number of anilines is 2. The highest BCUT2D eigenvalue weighted by Crippen LogP contribution is 2.30. The molecule has 1 aromatic carbocycles. The minimum absolute atomic E-state index is 0.109. The largest absolute Gasteiger partial charge is 0.494 e. The quantitative estimate of drug-likeness (QED) is 0.271. The number of rotatable bonds is 10. The average Bonchev–Trinajstić information content (AvgIpc) is 3.39. The van der Waals surface area contributed by atoms with Gasteiger partial charge in [-0.25, -0.2) is 0 Å². The van der Waals surface area contributed by atoms with Crippen LogP contribution in [0.25, 0.3) is 0 Å². The lowest BCUT2D eigenvalue weighted by Gasteiger charge is -2.09. The Bertz CT molecular complexity index is 977. The number of nitro benzene ring substituents is 1. The number of nitrogens with zero attached hydrogens (tertiary/aromatic N) is 3. The third-order valence-electron chi connectivity index (χ3n) is 3.63. The van der Waals surface area contributed by atoms with Gasteiger partial charge < -0.3 is 15.4 Å². The Balaban J connectivity index is 1.47. The van der Waals surface area contributed by atoms with E-state index in [2.05, 4.69) is 26.9 Å². The zero-order chi connectivity index (χ0) is 20.6. The van der Waals surface area contributed by atoms with Gasteiger partial charge in [0.2, 0.25) is 11.0 Å². The Morgan fingerprint density at radius 2 is 2.21 bits per heavy atom. The first-order valence-corrected chi connectivity index (χ1v) is 11.1. The predicted molar refractivity (Wildman–Crippen MR) is 115 cm³/mol. The van der Waals surface area contributed by atoms with E-state index in [1.165, 1.54) is 53.3 Å². The number of thiophene rings is 1. The molecule has 9 nitrogen and oxygen atoms in total. The number of hydrogen-bond donors (Lipinski definition) is 2. The van der Waals surface area contributed by atoms with Gasteiger partial charge in [0.1, 0.15) is 5.75 Å². The number of amides is 1. The molecule has 0 spiro atoms. The molecule has 2 heterocycles. The van der Waals surface area contributed by atoms with Crippen molar-refractivity contribution in [1.82, 2.24) is 10.2 Å². The van der Waals surface area contributed by atoms with E-state index in [9.17, 15) is 14.9 Å². The van der Waals surface area contributed by atoms with E-state index in [4.69, 9.17) is 4.74 Å². The Morgan fingerprint density at radius 1 is 1.34 bits per heavy atom. The number of hydrogen-bond acceptors (Lipinski definition) is 10. The molecule has 2 N–H and O–H groups in total. The van der Waals surface area contributed by atoms with Gasteiger partial charge in [-0.15, -0.1) is 21.5 Å². The Hall–Kier alpha value is -2.70. The predicted octanol–water partition coefficient (Wildman–Crippen LogP) is 3.90. The van der Waals surface area contributed by atoms with Gasteiger partial charge in [0.05, 0.1) is 29.5 Å². The van der Waals surface area contributed by atoms with E-state index in [1.807, 2.05) is 11.4 Å². The van der Waals surface area contributed by atoms with Crippen LogP contribution in [0, 0.1) is 10.1 Å². The maximum Gasteiger partial charge on any atom is 0.273 e. The van der Waals surface area contributed by atoms with Crippen LogP contribution in [-0.4, -0.2) is 40.4 Å². The lowest BCUT2D eigenvalue weighted by Crippen LogP contribution is -2.14. The summed E-state index contributed by atoms with van der Waals surface area (Å²) < 4.78 is 5.79. The topological polar surface area (TPSA) is 119 Å². The Kier molecular flexibility index (Phi) is 7.38. The molecule has 1 amide bonds. The molecule has 29 heavy (non-hydrogen) atoms. The van der Waals surface area contributed by atoms with Gasteiger partial charge in [-0.2, -0.15) is 0 Å². The number of nitrogens with one attached hydrogen (secondary N) is 2. The highest BCUT2D eigenvalue weighted by atomic mass is 32.2. The van der Waals surface area contributed by atoms with E-state index in [-0.39, 0.29) is 23.1 Å². The normalized spacial score (nSPS) is 10.5. The maximum absolute atomic E-state index is 12.2. The lowest BCUT2D eigenvalue weighted by atomic mass is 10.2. The second kappa shape index (κ2) is 10.2. The molecular formula is C17H17N5O4S3. The summed E-state index contributed by atoms with van der Waals surface area (Å²) in [7, 11) is 1.39. The minimum atomic E-state index is -0.522. The molecule has 0 saturated carbocycles. The van der Waals surface area contributed by atoms with Crippen LogP contribution in [0.15, 0.2) is 40.1 Å². The zero-order valence-electron chi connectivity index (χ0n) is 15.3. The molecule has 152 valence electrons. The molecule has 0 radical (unpaired) electrons. The SMILES string of the molecule is COc1cc([N+](=O)[O-])ccc1NC(=O)CSc1nnc(NCCc2cccs2)s1. The van der Waals surface area contributed by atoms with Gasteiger partial charge in [-0.1, -0.05) is 29.2 Å². The summed E-state index contributed by atoms with van der Waals surface area (Å²) in [5.74, 6) is 0.0829. The van der Waals surface area contributed by atoms with Gasteiger partial charge >= 0.3 is 0 Å². The fraction of sp³-hybridized carbons (Fsp3) is 0.235. The Labute approximate surface area is 178 Å². The number of aromatic nitrogens is 2. The molecular weight excluding hydrogens is 434 g/mol. The van der Waals surface area contributed by atoms with E-state index in [0.29, 0.717) is 15.2 Å². The van der Waals surface area contributed by atoms with Crippen LogP contribution >= 0.6 is 34.4 Å². The fourth-order valence-corrected chi connectivity index (χ4v) is 4.58. The van der Waals surface area contributed by atoms with Gasteiger partial charge in [-0.3, -0.25) is 14.9 Å². The van der Waals surface area contributed by atoms with E-state index < -0.39 is 4.92 Å². The molecule has 0 bridgehead atoms. The summed E-state index contributed by atoms with van der Waals surface area (Å²) >= 11 is 4.37. The fourth-order valence-electron chi connectivity index (χ4n) is 2.30. The highest BCUT2D eigenvalue weighted by molar-refractivity contribution is 8.01. The number of carbonyl (C=O) groups excluding carboxylic acids is 1. The molecule has 0 aliphatic heterocycles. The summed E-state index contributed by atoms with van der Waals surface area (Å²) in [6.07, 6.45) is 0.916. The van der Waals surface area contributed by atoms with Crippen molar-refractivity contribution in [2.45, 2.75) is 10.8 Å². The number of non-ortho nitro benzene ring substituents is 1. The lowest BCUT2D eigenvalue weighted by molar-refractivity contribution is -0.384. The molecule has 3 aromatic rings. The summed E-state index contributed by atoms with van der Waals surface area (Å²) in [6, 6.07) is 8.13. The van der Waals surface area contributed by atoms with Gasteiger partial charge in [0.25, 0.3) is 5.69 Å². The van der Waals surface area contributed by atoms with Gasteiger partial charge in [-0.05, 0) is 23.9 Å². The van der Waals surface area contributed by atoms with Crippen molar-refractivity contribution in [1.29, 1.82) is 0 Å². The van der Waals surface area contributed by atoms with Crippen LogP contribution in [0.2, 0.25) is 0 Å². The molecule has 0 aliphatic rings. The van der Waals surface area contributed by atoms with Crippen LogP contribution in [0.1, 0.15) is 4.88 Å². The third kappa shape index (κ3) is 6.14. The molecule has 12 heteroatoms. The first-order valence-electron chi connectivity index (χ1n) is 8.40. The first-order chi connectivity index (χ1) is 14.0. The first kappa shape index (κ1) is 21.0. The van der Waals surface area contributed by atoms with E-state index >= 15 is 0 Å². The van der Waals surface area contributed by atoms with Crippen molar-refractivity contribution in [3.05, 3.63) is 50.7 Å². The third-order valence-corrected chi connectivity index (χ3v) is 6.58. The van der Waals surface area contributed by atoms with Gasteiger partial charge in [0, 0.05) is 17.5 Å². The highest BCUT2D eigenvalue weighted by Gasteiger charge is 2.14. The molecule has 0 atom stereocenters. The van der Waals surface area contributed by atoms with Crippen molar-refractivity contribution in [3.63, 3.8) is 0 Å². The standard InChI is InChI=1S/C17H17N5O4S3/c1-26-14-9-11(22(24)25)4-5-13(14)19-15(23)10-28-17-21-20-16(29-17)18-7-6-12-3-2-8-27-12/h2-5,8-9H,6-7,10H2,1H3,(H,18,20)(H,19,23). The number of methoxy groups -OCH3 is 1. The molecule has 0 unspecified atom stereocenters. The van der Waals surface area contributed by atoms with Crippen LogP contribution in [-0.2, 0) is 11.2 Å². The van der Waals surface area contributed by atoms with Gasteiger partial charge in [0.15, 0.2) is 4.34 Å². The molecule has 3 rings (SSSR count). The summed E-state index contributed by atoms with van der Waals surface area (Å²) in [5, 5.41) is 27.6. The van der Waals surface area contributed by atoms with Crippen LogP contribution in [0.3, 0.4) is 0 Å².